The smallest absolute Gasteiger partial charge is 0.129 e. The molecule has 1 heterocycles. The Labute approximate surface area is 106 Å². The van der Waals surface area contributed by atoms with Gasteiger partial charge in [0.2, 0.25) is 0 Å². The lowest BCUT2D eigenvalue weighted by Gasteiger charge is -2.10. The lowest BCUT2D eigenvalue weighted by Crippen LogP contribution is -2.06. The molecule has 1 atom stereocenters. The predicted octanol–water partition coefficient (Wildman–Crippen LogP) is 2.62. The predicted molar refractivity (Wildman–Crippen MR) is 69.7 cm³/mol. The van der Waals surface area contributed by atoms with Crippen molar-refractivity contribution in [2.45, 2.75) is 12.3 Å². The summed E-state index contributed by atoms with van der Waals surface area (Å²) in [6.07, 6.45) is 3.29. The first-order valence-electron chi connectivity index (χ1n) is 5.82. The summed E-state index contributed by atoms with van der Waals surface area (Å²) in [5, 5.41) is 0. The number of hydrogen-bond acceptors (Lipinski definition) is 3. The largest absolute Gasteiger partial charge is 0.497 e. The van der Waals surface area contributed by atoms with Crippen molar-refractivity contribution in [2.24, 2.45) is 0 Å². The molecule has 92 valence electrons. The normalized spacial score (nSPS) is 11.8. The molecule has 0 aliphatic rings. The van der Waals surface area contributed by atoms with E-state index < -0.39 is 0 Å². The van der Waals surface area contributed by atoms with E-state index in [0.29, 0.717) is 6.42 Å². The quantitative estimate of drug-likeness (QED) is 0.755. The summed E-state index contributed by atoms with van der Waals surface area (Å²) in [6.45, 7) is 0. The van der Waals surface area contributed by atoms with E-state index in [1.807, 2.05) is 42.5 Å². The highest BCUT2D eigenvalue weighted by molar-refractivity contribution is 5.61. The van der Waals surface area contributed by atoms with Crippen molar-refractivity contribution in [3.05, 3.63) is 59.9 Å². The molecule has 2 rings (SSSR count). The molecule has 0 N–H and O–H groups in total. The Morgan fingerprint density at radius 1 is 1.28 bits per heavy atom. The van der Waals surface area contributed by atoms with Crippen LogP contribution in [-0.2, 0) is 11.2 Å². The van der Waals surface area contributed by atoms with Gasteiger partial charge in [0.1, 0.15) is 12.0 Å². The molecule has 3 nitrogen and oxygen atoms in total. The summed E-state index contributed by atoms with van der Waals surface area (Å²) < 4.78 is 5.17. The van der Waals surface area contributed by atoms with Crippen LogP contribution in [0.15, 0.2) is 48.7 Å². The summed E-state index contributed by atoms with van der Waals surface area (Å²) in [5.74, 6) is 0.594. The second-order valence-corrected chi connectivity index (χ2v) is 4.05. The van der Waals surface area contributed by atoms with Gasteiger partial charge in [0.25, 0.3) is 0 Å². The van der Waals surface area contributed by atoms with Crippen LogP contribution in [0.2, 0.25) is 0 Å². The molecule has 1 aromatic heterocycles. The maximum absolute atomic E-state index is 11.2. The molecule has 0 fully saturated rings. The van der Waals surface area contributed by atoms with Crippen LogP contribution < -0.4 is 4.74 Å². The van der Waals surface area contributed by atoms with Crippen molar-refractivity contribution in [2.75, 3.05) is 7.11 Å². The first kappa shape index (κ1) is 12.3. The number of pyridine rings is 1. The van der Waals surface area contributed by atoms with Gasteiger partial charge in [-0.3, -0.25) is 4.98 Å². The second-order valence-electron chi connectivity index (χ2n) is 4.05. The Morgan fingerprint density at radius 3 is 2.83 bits per heavy atom. The van der Waals surface area contributed by atoms with E-state index in [2.05, 4.69) is 4.98 Å². The third-order valence-corrected chi connectivity index (χ3v) is 2.82. The summed E-state index contributed by atoms with van der Waals surface area (Å²) in [4.78, 5) is 15.4. The molecule has 0 aliphatic carbocycles. The average molecular weight is 241 g/mol. The van der Waals surface area contributed by atoms with E-state index in [1.54, 1.807) is 13.3 Å². The SMILES string of the molecule is COc1cccc(CC(C=O)c2ccccn2)c1. The first-order chi connectivity index (χ1) is 8.83. The minimum absolute atomic E-state index is 0.210. The van der Waals surface area contributed by atoms with Gasteiger partial charge in [-0.05, 0) is 36.2 Å². The van der Waals surface area contributed by atoms with Crippen LogP contribution in [0.5, 0.6) is 5.75 Å². The van der Waals surface area contributed by atoms with Gasteiger partial charge < -0.3 is 9.53 Å². The Balaban J connectivity index is 2.18. The van der Waals surface area contributed by atoms with Gasteiger partial charge in [-0.2, -0.15) is 0 Å². The van der Waals surface area contributed by atoms with Crippen molar-refractivity contribution in [1.82, 2.24) is 4.98 Å². The van der Waals surface area contributed by atoms with Crippen LogP contribution >= 0.6 is 0 Å². The fourth-order valence-electron chi connectivity index (χ4n) is 1.87. The lowest BCUT2D eigenvalue weighted by molar-refractivity contribution is -0.109. The van der Waals surface area contributed by atoms with Crippen molar-refractivity contribution in [3.63, 3.8) is 0 Å². The molecule has 3 heteroatoms. The third-order valence-electron chi connectivity index (χ3n) is 2.82. The molecule has 0 spiro atoms. The minimum Gasteiger partial charge on any atom is -0.497 e. The van der Waals surface area contributed by atoms with Gasteiger partial charge in [0, 0.05) is 6.20 Å². The van der Waals surface area contributed by atoms with Crippen molar-refractivity contribution >= 4 is 6.29 Å². The Morgan fingerprint density at radius 2 is 2.17 bits per heavy atom. The molecular formula is C15H15NO2. The molecule has 18 heavy (non-hydrogen) atoms. The van der Waals surface area contributed by atoms with Crippen molar-refractivity contribution < 1.29 is 9.53 Å². The topological polar surface area (TPSA) is 39.2 Å². The van der Waals surface area contributed by atoms with Crippen LogP contribution in [0, 0.1) is 0 Å². The fraction of sp³-hybridized carbons (Fsp3) is 0.200. The molecular weight excluding hydrogens is 226 g/mol. The van der Waals surface area contributed by atoms with E-state index in [0.717, 1.165) is 23.3 Å². The van der Waals surface area contributed by atoms with Gasteiger partial charge in [-0.15, -0.1) is 0 Å². The van der Waals surface area contributed by atoms with Gasteiger partial charge >= 0.3 is 0 Å². The molecule has 0 radical (unpaired) electrons. The monoisotopic (exact) mass is 241 g/mol. The summed E-state index contributed by atoms with van der Waals surface area (Å²) >= 11 is 0. The highest BCUT2D eigenvalue weighted by Gasteiger charge is 2.12. The zero-order chi connectivity index (χ0) is 12.8. The maximum atomic E-state index is 11.2. The summed E-state index contributed by atoms with van der Waals surface area (Å²) in [7, 11) is 1.63. The lowest BCUT2D eigenvalue weighted by atomic mass is 9.97. The summed E-state index contributed by atoms with van der Waals surface area (Å²) in [6, 6.07) is 13.4. The standard InChI is InChI=1S/C15H15NO2/c1-18-14-6-4-5-12(10-14)9-13(11-17)15-7-2-3-8-16-15/h2-8,10-11,13H,9H2,1H3. The number of hydrogen-bond donors (Lipinski definition) is 0. The summed E-state index contributed by atoms with van der Waals surface area (Å²) in [5.41, 5.74) is 1.87. The number of aldehydes is 1. The number of ether oxygens (including phenoxy) is 1. The third kappa shape index (κ3) is 2.94. The van der Waals surface area contributed by atoms with Gasteiger partial charge in [-0.1, -0.05) is 18.2 Å². The highest BCUT2D eigenvalue weighted by atomic mass is 16.5. The van der Waals surface area contributed by atoms with E-state index in [-0.39, 0.29) is 5.92 Å². The van der Waals surface area contributed by atoms with Crippen LogP contribution in [-0.4, -0.2) is 18.4 Å². The Hall–Kier alpha value is -2.16. The molecule has 0 aliphatic heterocycles. The molecule has 0 saturated heterocycles. The van der Waals surface area contributed by atoms with Gasteiger partial charge in [0.15, 0.2) is 0 Å². The number of rotatable bonds is 5. The van der Waals surface area contributed by atoms with Crippen LogP contribution in [0.4, 0.5) is 0 Å². The van der Waals surface area contributed by atoms with Crippen molar-refractivity contribution in [1.29, 1.82) is 0 Å². The second kappa shape index (κ2) is 5.96. The van der Waals surface area contributed by atoms with Crippen LogP contribution in [0.3, 0.4) is 0 Å². The number of benzene rings is 1. The van der Waals surface area contributed by atoms with E-state index in [4.69, 9.17) is 4.74 Å². The zero-order valence-electron chi connectivity index (χ0n) is 10.2. The number of nitrogens with zero attached hydrogens (tertiary/aromatic N) is 1. The number of carbonyl (C=O) groups excluding carboxylic acids is 1. The van der Waals surface area contributed by atoms with Gasteiger partial charge in [-0.25, -0.2) is 0 Å². The van der Waals surface area contributed by atoms with E-state index in [9.17, 15) is 4.79 Å². The molecule has 0 bridgehead atoms. The number of carbonyl (C=O) groups is 1. The molecule has 1 unspecified atom stereocenters. The number of aromatic nitrogens is 1. The van der Waals surface area contributed by atoms with Gasteiger partial charge in [0.05, 0.1) is 18.7 Å². The Bertz CT molecular complexity index is 511. The minimum atomic E-state index is -0.210. The molecule has 0 amide bonds. The number of methoxy groups -OCH3 is 1. The molecule has 1 aromatic carbocycles. The maximum Gasteiger partial charge on any atom is 0.129 e. The first-order valence-corrected chi connectivity index (χ1v) is 5.82. The fourth-order valence-corrected chi connectivity index (χ4v) is 1.87. The highest BCUT2D eigenvalue weighted by Crippen LogP contribution is 2.20. The molecule has 2 aromatic rings. The van der Waals surface area contributed by atoms with Crippen LogP contribution in [0.25, 0.3) is 0 Å². The average Bonchev–Trinajstić information content (AvgIpc) is 2.46. The Kier molecular flexibility index (Phi) is 4.07. The zero-order valence-corrected chi connectivity index (χ0v) is 10.2. The van der Waals surface area contributed by atoms with Crippen LogP contribution in [0.1, 0.15) is 17.2 Å². The van der Waals surface area contributed by atoms with E-state index in [1.165, 1.54) is 0 Å². The molecule has 0 saturated carbocycles. The van der Waals surface area contributed by atoms with Crippen molar-refractivity contribution in [3.8, 4) is 5.75 Å². The van der Waals surface area contributed by atoms with E-state index >= 15 is 0 Å².